The van der Waals surface area contributed by atoms with Gasteiger partial charge in [0.2, 0.25) is 5.91 Å². The zero-order chi connectivity index (χ0) is 16.1. The Kier molecular flexibility index (Phi) is 5.01. The second-order valence-corrected chi connectivity index (χ2v) is 4.97. The lowest BCUT2D eigenvalue weighted by molar-refractivity contribution is -0.115. The molecule has 0 radical (unpaired) electrons. The third-order valence-electron chi connectivity index (χ3n) is 3.03. The summed E-state index contributed by atoms with van der Waals surface area (Å²) in [5.41, 5.74) is 0.860. The fourth-order valence-corrected chi connectivity index (χ4v) is 2.19. The van der Waals surface area contributed by atoms with Gasteiger partial charge in [-0.2, -0.15) is 0 Å². The Bertz CT molecular complexity index is 715. The number of amides is 1. The largest absolute Gasteiger partial charge is 0.496 e. The molecule has 0 saturated carbocycles. The van der Waals surface area contributed by atoms with E-state index in [0.717, 1.165) is 0 Å². The van der Waals surface area contributed by atoms with Crippen LogP contribution in [-0.4, -0.2) is 24.1 Å². The van der Waals surface area contributed by atoms with Crippen molar-refractivity contribution < 1.29 is 19.4 Å². The Morgan fingerprint density at radius 1 is 1.23 bits per heavy atom. The highest BCUT2D eigenvalue weighted by Gasteiger charge is 2.14. The van der Waals surface area contributed by atoms with Crippen LogP contribution < -0.4 is 10.1 Å². The topological polar surface area (TPSA) is 75.6 Å². The lowest BCUT2D eigenvalue weighted by Crippen LogP contribution is -2.17. The van der Waals surface area contributed by atoms with Gasteiger partial charge in [-0.3, -0.25) is 4.79 Å². The van der Waals surface area contributed by atoms with Crippen LogP contribution in [0, 0.1) is 0 Å². The first-order chi connectivity index (χ1) is 10.5. The second-order valence-electron chi connectivity index (χ2n) is 4.53. The molecule has 0 atom stereocenters. The smallest absolute Gasteiger partial charge is 0.337 e. The molecule has 0 aliphatic heterocycles. The van der Waals surface area contributed by atoms with E-state index < -0.39 is 5.97 Å². The number of hydrogen-bond acceptors (Lipinski definition) is 3. The molecule has 1 amide bonds. The number of rotatable bonds is 5. The van der Waals surface area contributed by atoms with Gasteiger partial charge in [0, 0.05) is 10.6 Å². The average Bonchev–Trinajstić information content (AvgIpc) is 2.47. The first kappa shape index (κ1) is 15.9. The molecule has 0 spiro atoms. The minimum atomic E-state index is -1.13. The van der Waals surface area contributed by atoms with Gasteiger partial charge in [-0.05, 0) is 24.3 Å². The van der Waals surface area contributed by atoms with Gasteiger partial charge >= 0.3 is 5.97 Å². The lowest BCUT2D eigenvalue weighted by atomic mass is 10.1. The van der Waals surface area contributed by atoms with E-state index in [0.29, 0.717) is 16.3 Å². The van der Waals surface area contributed by atoms with Crippen LogP contribution in [0.5, 0.6) is 5.75 Å². The number of nitrogens with one attached hydrogen (secondary N) is 1. The van der Waals surface area contributed by atoms with Crippen molar-refractivity contribution >= 4 is 29.2 Å². The van der Waals surface area contributed by atoms with E-state index in [1.165, 1.54) is 25.3 Å². The number of carbonyl (C=O) groups is 2. The maximum atomic E-state index is 12.1. The highest BCUT2D eigenvalue weighted by atomic mass is 35.5. The van der Waals surface area contributed by atoms with E-state index >= 15 is 0 Å². The van der Waals surface area contributed by atoms with Crippen molar-refractivity contribution in [1.29, 1.82) is 0 Å². The number of halogens is 1. The number of ether oxygens (including phenoxy) is 1. The molecule has 0 unspecified atom stereocenters. The van der Waals surface area contributed by atoms with Crippen molar-refractivity contribution in [3.05, 3.63) is 58.6 Å². The van der Waals surface area contributed by atoms with E-state index in [1.807, 2.05) is 0 Å². The van der Waals surface area contributed by atoms with E-state index in [4.69, 9.17) is 21.4 Å². The third-order valence-corrected chi connectivity index (χ3v) is 3.26. The summed E-state index contributed by atoms with van der Waals surface area (Å²) in [6.45, 7) is 0. The molecule has 2 aromatic rings. The molecule has 2 N–H and O–H groups in total. The maximum absolute atomic E-state index is 12.1. The van der Waals surface area contributed by atoms with Crippen LogP contribution in [0.25, 0.3) is 0 Å². The number of anilines is 1. The SMILES string of the molecule is COc1ccccc1CC(=O)Nc1cc(Cl)ccc1C(=O)O. The minimum absolute atomic E-state index is 0.0159. The fraction of sp³-hybridized carbons (Fsp3) is 0.125. The molecular formula is C16H14ClNO4. The molecule has 0 aliphatic rings. The summed E-state index contributed by atoms with van der Waals surface area (Å²) >= 11 is 5.85. The van der Waals surface area contributed by atoms with Crippen LogP contribution in [0.3, 0.4) is 0 Å². The zero-order valence-electron chi connectivity index (χ0n) is 11.8. The molecular weight excluding hydrogens is 306 g/mol. The number of benzene rings is 2. The van der Waals surface area contributed by atoms with Gasteiger partial charge in [0.15, 0.2) is 0 Å². The van der Waals surface area contributed by atoms with E-state index in [2.05, 4.69) is 5.32 Å². The van der Waals surface area contributed by atoms with Crippen LogP contribution in [0.2, 0.25) is 5.02 Å². The minimum Gasteiger partial charge on any atom is -0.496 e. The summed E-state index contributed by atoms with van der Waals surface area (Å²) in [7, 11) is 1.52. The van der Waals surface area contributed by atoms with E-state index in [9.17, 15) is 9.59 Å². The normalized spacial score (nSPS) is 10.1. The number of hydrogen-bond donors (Lipinski definition) is 2. The van der Waals surface area contributed by atoms with Crippen LogP contribution in [0.1, 0.15) is 15.9 Å². The van der Waals surface area contributed by atoms with Gasteiger partial charge in [-0.15, -0.1) is 0 Å². The number of carboxylic acids is 1. The molecule has 0 fully saturated rings. The Morgan fingerprint density at radius 2 is 1.95 bits per heavy atom. The molecule has 0 saturated heterocycles. The van der Waals surface area contributed by atoms with Crippen molar-refractivity contribution in [1.82, 2.24) is 0 Å². The highest BCUT2D eigenvalue weighted by molar-refractivity contribution is 6.31. The predicted molar refractivity (Wildman–Crippen MR) is 83.7 cm³/mol. The van der Waals surface area contributed by atoms with Crippen molar-refractivity contribution in [2.75, 3.05) is 12.4 Å². The van der Waals surface area contributed by atoms with Gasteiger partial charge in [-0.25, -0.2) is 4.79 Å². The summed E-state index contributed by atoms with van der Waals surface area (Å²) < 4.78 is 5.18. The molecule has 6 heteroatoms. The molecule has 0 aromatic heterocycles. The summed E-state index contributed by atoms with van der Waals surface area (Å²) in [6.07, 6.45) is 0.0651. The van der Waals surface area contributed by atoms with Gasteiger partial charge < -0.3 is 15.2 Å². The molecule has 0 heterocycles. The average molecular weight is 320 g/mol. The summed E-state index contributed by atoms with van der Waals surface area (Å²) in [6, 6.07) is 11.3. The van der Waals surface area contributed by atoms with Crippen LogP contribution >= 0.6 is 11.6 Å². The number of aromatic carboxylic acids is 1. The monoisotopic (exact) mass is 319 g/mol. The van der Waals surface area contributed by atoms with Gasteiger partial charge in [0.05, 0.1) is 24.8 Å². The van der Waals surface area contributed by atoms with E-state index in [-0.39, 0.29) is 23.6 Å². The fourth-order valence-electron chi connectivity index (χ4n) is 2.02. The highest BCUT2D eigenvalue weighted by Crippen LogP contribution is 2.22. The summed E-state index contributed by atoms with van der Waals surface area (Å²) in [4.78, 5) is 23.3. The van der Waals surface area contributed by atoms with Crippen molar-refractivity contribution in [3.63, 3.8) is 0 Å². The van der Waals surface area contributed by atoms with Crippen molar-refractivity contribution in [2.24, 2.45) is 0 Å². The molecule has 5 nitrogen and oxygen atoms in total. The maximum Gasteiger partial charge on any atom is 0.337 e. The van der Waals surface area contributed by atoms with Crippen LogP contribution in [0.4, 0.5) is 5.69 Å². The van der Waals surface area contributed by atoms with Crippen LogP contribution in [-0.2, 0) is 11.2 Å². The summed E-state index contributed by atoms with van der Waals surface area (Å²) in [5, 5.41) is 12.0. The number of carbonyl (C=O) groups excluding carboxylic acids is 1. The lowest BCUT2D eigenvalue weighted by Gasteiger charge is -2.11. The third kappa shape index (κ3) is 3.77. The Balaban J connectivity index is 2.19. The summed E-state index contributed by atoms with van der Waals surface area (Å²) in [5.74, 6) is -0.888. The Morgan fingerprint density at radius 3 is 2.64 bits per heavy atom. The van der Waals surface area contributed by atoms with E-state index in [1.54, 1.807) is 24.3 Å². The Labute approximate surface area is 132 Å². The predicted octanol–water partition coefficient (Wildman–Crippen LogP) is 3.23. The van der Waals surface area contributed by atoms with Crippen LogP contribution in [0.15, 0.2) is 42.5 Å². The second kappa shape index (κ2) is 6.95. The molecule has 22 heavy (non-hydrogen) atoms. The first-order valence-corrected chi connectivity index (χ1v) is 6.83. The van der Waals surface area contributed by atoms with Gasteiger partial charge in [-0.1, -0.05) is 29.8 Å². The molecule has 2 rings (SSSR count). The van der Waals surface area contributed by atoms with Crippen molar-refractivity contribution in [2.45, 2.75) is 6.42 Å². The quantitative estimate of drug-likeness (QED) is 0.887. The first-order valence-electron chi connectivity index (χ1n) is 6.46. The number of methoxy groups -OCH3 is 1. The Hall–Kier alpha value is -2.53. The van der Waals surface area contributed by atoms with Gasteiger partial charge in [0.1, 0.15) is 5.75 Å². The molecule has 2 aromatic carbocycles. The number of carboxylic acid groups (broad SMARTS) is 1. The van der Waals surface area contributed by atoms with Crippen molar-refractivity contribution in [3.8, 4) is 5.75 Å². The number of para-hydroxylation sites is 1. The molecule has 0 bridgehead atoms. The molecule has 0 aliphatic carbocycles. The standard InChI is InChI=1S/C16H14ClNO4/c1-22-14-5-3-2-4-10(14)8-15(19)18-13-9-11(17)6-7-12(13)16(20)21/h2-7,9H,8H2,1H3,(H,18,19)(H,20,21). The molecule has 114 valence electrons. The zero-order valence-corrected chi connectivity index (χ0v) is 12.6. The van der Waals surface area contributed by atoms with Gasteiger partial charge in [0.25, 0.3) is 0 Å².